The summed E-state index contributed by atoms with van der Waals surface area (Å²) in [7, 11) is 0. The maximum Gasteiger partial charge on any atom is 0.309 e. The lowest BCUT2D eigenvalue weighted by Crippen LogP contribution is -2.46. The smallest absolute Gasteiger partial charge is 0.309 e. The molecule has 4 nitrogen and oxygen atoms in total. The van der Waals surface area contributed by atoms with Gasteiger partial charge in [0, 0.05) is 12.1 Å². The van der Waals surface area contributed by atoms with Crippen molar-refractivity contribution in [1.29, 1.82) is 0 Å². The first-order chi connectivity index (χ1) is 12.5. The fourth-order valence-corrected chi connectivity index (χ4v) is 2.78. The topological polar surface area (TPSA) is 58.2 Å². The molecule has 2 atom stereocenters. The molecular weight excluding hydrogens is 324 g/mol. The van der Waals surface area contributed by atoms with E-state index >= 15 is 0 Å². The van der Waals surface area contributed by atoms with Crippen LogP contribution in [0.4, 0.5) is 0 Å². The first-order valence-electron chi connectivity index (χ1n) is 9.24. The third-order valence-corrected chi connectivity index (χ3v) is 4.38. The number of carbonyl (C=O) groups is 2. The maximum absolute atomic E-state index is 12.1. The fourth-order valence-electron chi connectivity index (χ4n) is 2.78. The molecule has 0 aromatic heterocycles. The zero-order valence-corrected chi connectivity index (χ0v) is 15.6. The molecule has 2 amide bonds. The summed E-state index contributed by atoms with van der Waals surface area (Å²) in [6.07, 6.45) is 3.34. The summed E-state index contributed by atoms with van der Waals surface area (Å²) in [6.45, 7) is 3.85. The molecule has 4 heteroatoms. The summed E-state index contributed by atoms with van der Waals surface area (Å²) in [4.78, 5) is 24.1. The predicted octanol–water partition coefficient (Wildman–Crippen LogP) is 3.26. The minimum absolute atomic E-state index is 0.0481. The van der Waals surface area contributed by atoms with Crippen molar-refractivity contribution in [2.45, 2.75) is 51.6 Å². The van der Waals surface area contributed by atoms with Crippen LogP contribution in [-0.4, -0.2) is 23.9 Å². The first kappa shape index (κ1) is 19.7. The largest absolute Gasteiger partial charge is 0.345 e. The van der Waals surface area contributed by atoms with Gasteiger partial charge in [-0.25, -0.2) is 0 Å². The molecule has 0 fully saturated rings. The van der Waals surface area contributed by atoms with Gasteiger partial charge in [-0.1, -0.05) is 60.7 Å². The number of amides is 2. The zero-order valence-electron chi connectivity index (χ0n) is 15.6. The van der Waals surface area contributed by atoms with Crippen LogP contribution in [-0.2, 0) is 22.4 Å². The van der Waals surface area contributed by atoms with Gasteiger partial charge in [0.2, 0.25) is 0 Å². The number of benzene rings is 2. The van der Waals surface area contributed by atoms with Gasteiger partial charge in [0.1, 0.15) is 0 Å². The maximum atomic E-state index is 12.1. The van der Waals surface area contributed by atoms with Gasteiger partial charge in [0.15, 0.2) is 0 Å². The Morgan fingerprint density at radius 2 is 1.04 bits per heavy atom. The van der Waals surface area contributed by atoms with Gasteiger partial charge in [0.25, 0.3) is 0 Å². The van der Waals surface area contributed by atoms with Crippen molar-refractivity contribution in [1.82, 2.24) is 10.6 Å². The number of rotatable bonds is 8. The van der Waals surface area contributed by atoms with E-state index < -0.39 is 11.8 Å². The van der Waals surface area contributed by atoms with Crippen molar-refractivity contribution in [3.05, 3.63) is 71.8 Å². The van der Waals surface area contributed by atoms with E-state index in [1.54, 1.807) is 0 Å². The molecule has 0 aliphatic rings. The molecule has 26 heavy (non-hydrogen) atoms. The number of carbonyl (C=O) groups excluding carboxylic acids is 2. The van der Waals surface area contributed by atoms with Crippen LogP contribution >= 0.6 is 0 Å². The molecule has 2 rings (SSSR count). The normalized spacial score (nSPS) is 12.8. The Morgan fingerprint density at radius 3 is 1.38 bits per heavy atom. The van der Waals surface area contributed by atoms with Crippen molar-refractivity contribution in [3.8, 4) is 0 Å². The first-order valence-corrected chi connectivity index (χ1v) is 9.24. The zero-order chi connectivity index (χ0) is 18.8. The minimum Gasteiger partial charge on any atom is -0.345 e. The second-order valence-electron chi connectivity index (χ2n) is 6.80. The van der Waals surface area contributed by atoms with Crippen LogP contribution < -0.4 is 10.6 Å². The van der Waals surface area contributed by atoms with Crippen molar-refractivity contribution < 1.29 is 9.59 Å². The summed E-state index contributed by atoms with van der Waals surface area (Å²) >= 11 is 0. The van der Waals surface area contributed by atoms with Crippen molar-refractivity contribution in [2.24, 2.45) is 0 Å². The molecule has 138 valence electrons. The summed E-state index contributed by atoms with van der Waals surface area (Å²) in [5.74, 6) is -1.12. The summed E-state index contributed by atoms with van der Waals surface area (Å²) in [6, 6.07) is 20.1. The van der Waals surface area contributed by atoms with Crippen LogP contribution in [0.15, 0.2) is 60.7 Å². The number of nitrogens with one attached hydrogen (secondary N) is 2. The Kier molecular flexibility index (Phi) is 7.87. The van der Waals surface area contributed by atoms with E-state index in [2.05, 4.69) is 34.9 Å². The molecular formula is C22H28N2O2. The Bertz CT molecular complexity index is 624. The quantitative estimate of drug-likeness (QED) is 0.717. The van der Waals surface area contributed by atoms with Crippen molar-refractivity contribution in [3.63, 3.8) is 0 Å². The molecule has 0 bridgehead atoms. The lowest BCUT2D eigenvalue weighted by atomic mass is 10.1. The summed E-state index contributed by atoms with van der Waals surface area (Å²) in [5, 5.41) is 5.56. The number of hydrogen-bond acceptors (Lipinski definition) is 2. The molecule has 0 aliphatic carbocycles. The van der Waals surface area contributed by atoms with E-state index in [0.717, 1.165) is 25.7 Å². The van der Waals surface area contributed by atoms with Gasteiger partial charge in [-0.15, -0.1) is 0 Å². The Balaban J connectivity index is 1.68. The van der Waals surface area contributed by atoms with E-state index in [1.807, 2.05) is 50.2 Å². The fraction of sp³-hybridized carbons (Fsp3) is 0.364. The Labute approximate surface area is 156 Å². The van der Waals surface area contributed by atoms with Gasteiger partial charge >= 0.3 is 11.8 Å². The molecule has 2 aromatic carbocycles. The lowest BCUT2D eigenvalue weighted by Gasteiger charge is -2.16. The third kappa shape index (κ3) is 7.09. The minimum atomic E-state index is -0.558. The molecule has 0 heterocycles. The molecule has 2 aromatic rings. The van der Waals surface area contributed by atoms with Gasteiger partial charge in [-0.05, 0) is 50.7 Å². The van der Waals surface area contributed by atoms with E-state index in [-0.39, 0.29) is 12.1 Å². The summed E-state index contributed by atoms with van der Waals surface area (Å²) < 4.78 is 0. The number of aryl methyl sites for hydroxylation is 2. The van der Waals surface area contributed by atoms with E-state index in [0.29, 0.717) is 0 Å². The highest BCUT2D eigenvalue weighted by molar-refractivity contribution is 6.35. The average Bonchev–Trinajstić information content (AvgIpc) is 2.66. The highest BCUT2D eigenvalue weighted by atomic mass is 16.2. The van der Waals surface area contributed by atoms with Crippen LogP contribution in [0.2, 0.25) is 0 Å². The standard InChI is InChI=1S/C22H28N2O2/c1-17(13-15-19-9-5-3-6-10-19)23-21(25)22(26)24-18(2)14-16-20-11-7-4-8-12-20/h3-12,17-18H,13-16H2,1-2H3,(H,23,25)(H,24,26)/t17-,18+. The van der Waals surface area contributed by atoms with Crippen LogP contribution in [0, 0.1) is 0 Å². The second-order valence-corrected chi connectivity index (χ2v) is 6.80. The van der Waals surface area contributed by atoms with Crippen LogP contribution in [0.3, 0.4) is 0 Å². The Hall–Kier alpha value is -2.62. The van der Waals surface area contributed by atoms with Crippen molar-refractivity contribution in [2.75, 3.05) is 0 Å². The molecule has 0 aliphatic heterocycles. The van der Waals surface area contributed by atoms with Gasteiger partial charge in [0.05, 0.1) is 0 Å². The van der Waals surface area contributed by atoms with Crippen LogP contribution in [0.5, 0.6) is 0 Å². The van der Waals surface area contributed by atoms with Gasteiger partial charge in [-0.2, -0.15) is 0 Å². The average molecular weight is 352 g/mol. The van der Waals surface area contributed by atoms with E-state index in [9.17, 15) is 9.59 Å². The molecule has 0 unspecified atom stereocenters. The SMILES string of the molecule is C[C@H](CCc1ccccc1)NC(=O)C(=O)N[C@@H](C)CCc1ccccc1. The van der Waals surface area contributed by atoms with E-state index in [1.165, 1.54) is 11.1 Å². The summed E-state index contributed by atoms with van der Waals surface area (Å²) in [5.41, 5.74) is 2.46. The number of hydrogen-bond donors (Lipinski definition) is 2. The van der Waals surface area contributed by atoms with E-state index in [4.69, 9.17) is 0 Å². The third-order valence-electron chi connectivity index (χ3n) is 4.38. The monoisotopic (exact) mass is 352 g/mol. The predicted molar refractivity (Wildman–Crippen MR) is 105 cm³/mol. The molecule has 2 N–H and O–H groups in total. The molecule has 0 radical (unpaired) electrons. The van der Waals surface area contributed by atoms with Crippen molar-refractivity contribution >= 4 is 11.8 Å². The molecule has 0 saturated carbocycles. The highest BCUT2D eigenvalue weighted by Gasteiger charge is 2.18. The Morgan fingerprint density at radius 1 is 0.692 bits per heavy atom. The molecule has 0 spiro atoms. The van der Waals surface area contributed by atoms with Gasteiger partial charge < -0.3 is 10.6 Å². The van der Waals surface area contributed by atoms with Gasteiger partial charge in [-0.3, -0.25) is 9.59 Å². The highest BCUT2D eigenvalue weighted by Crippen LogP contribution is 2.06. The van der Waals surface area contributed by atoms with Crippen LogP contribution in [0.1, 0.15) is 37.8 Å². The lowest BCUT2D eigenvalue weighted by molar-refractivity contribution is -0.140. The second kappa shape index (κ2) is 10.4. The van der Waals surface area contributed by atoms with Crippen LogP contribution in [0.25, 0.3) is 0 Å². The molecule has 0 saturated heterocycles.